The van der Waals surface area contributed by atoms with E-state index in [0.29, 0.717) is 24.4 Å². The molecule has 8 heteroatoms. The van der Waals surface area contributed by atoms with Crippen LogP contribution in [0.4, 0.5) is 13.2 Å². The number of pyridine rings is 1. The zero-order valence-corrected chi connectivity index (χ0v) is 12.2. The molecule has 0 saturated heterocycles. The number of aryl methyl sites for hydroxylation is 1. The van der Waals surface area contributed by atoms with Gasteiger partial charge in [-0.15, -0.1) is 0 Å². The van der Waals surface area contributed by atoms with Crippen molar-refractivity contribution in [1.82, 2.24) is 14.7 Å². The fourth-order valence-electron chi connectivity index (χ4n) is 2.10. The van der Waals surface area contributed by atoms with Gasteiger partial charge in [-0.3, -0.25) is 9.20 Å². The lowest BCUT2D eigenvalue weighted by Gasteiger charge is -2.09. The number of carbonyl (C=O) groups is 1. The molecule has 0 aliphatic carbocycles. The van der Waals surface area contributed by atoms with Gasteiger partial charge in [-0.25, -0.2) is 4.98 Å². The fraction of sp³-hybridized carbons (Fsp3) is 0.429. The minimum Gasteiger partial charge on any atom is -0.383 e. The Balaban J connectivity index is 2.47. The third kappa shape index (κ3) is 3.22. The van der Waals surface area contributed by atoms with Crippen LogP contribution < -0.4 is 5.32 Å². The Morgan fingerprint density at radius 1 is 1.41 bits per heavy atom. The number of halogens is 3. The second-order valence-corrected chi connectivity index (χ2v) is 4.65. The predicted octanol–water partition coefficient (Wildman–Crippen LogP) is 2.29. The van der Waals surface area contributed by atoms with Crippen LogP contribution in [-0.4, -0.2) is 35.6 Å². The average molecular weight is 315 g/mol. The van der Waals surface area contributed by atoms with Crippen molar-refractivity contribution in [2.75, 3.05) is 20.3 Å². The van der Waals surface area contributed by atoms with Crippen molar-refractivity contribution in [2.45, 2.75) is 19.5 Å². The van der Waals surface area contributed by atoms with Crippen LogP contribution in [0.3, 0.4) is 0 Å². The summed E-state index contributed by atoms with van der Waals surface area (Å²) in [6.45, 7) is 2.38. The fourth-order valence-corrected chi connectivity index (χ4v) is 2.10. The van der Waals surface area contributed by atoms with E-state index in [-0.39, 0.29) is 12.2 Å². The molecule has 0 aliphatic heterocycles. The van der Waals surface area contributed by atoms with Crippen LogP contribution in [0, 0.1) is 0 Å². The number of imidazole rings is 1. The normalized spacial score (nSPS) is 11.9. The number of nitrogens with one attached hydrogen (secondary N) is 1. The Morgan fingerprint density at radius 3 is 2.73 bits per heavy atom. The van der Waals surface area contributed by atoms with Crippen molar-refractivity contribution in [2.24, 2.45) is 0 Å². The van der Waals surface area contributed by atoms with E-state index in [9.17, 15) is 18.0 Å². The Hall–Kier alpha value is -2.09. The second-order valence-electron chi connectivity index (χ2n) is 4.65. The van der Waals surface area contributed by atoms with Gasteiger partial charge in [-0.1, -0.05) is 6.92 Å². The molecule has 120 valence electrons. The first-order chi connectivity index (χ1) is 10.4. The largest absolute Gasteiger partial charge is 0.417 e. The molecule has 22 heavy (non-hydrogen) atoms. The summed E-state index contributed by atoms with van der Waals surface area (Å²) in [5, 5.41) is 2.61. The first-order valence-corrected chi connectivity index (χ1v) is 6.73. The van der Waals surface area contributed by atoms with Gasteiger partial charge < -0.3 is 10.1 Å². The van der Waals surface area contributed by atoms with Gasteiger partial charge >= 0.3 is 6.18 Å². The van der Waals surface area contributed by atoms with Gasteiger partial charge in [0.15, 0.2) is 0 Å². The highest BCUT2D eigenvalue weighted by Gasteiger charge is 2.31. The monoisotopic (exact) mass is 315 g/mol. The molecule has 0 unspecified atom stereocenters. The van der Waals surface area contributed by atoms with Crippen molar-refractivity contribution in [1.29, 1.82) is 0 Å². The molecule has 1 amide bonds. The van der Waals surface area contributed by atoms with Crippen molar-refractivity contribution in [3.8, 4) is 0 Å². The first kappa shape index (κ1) is 16.3. The van der Waals surface area contributed by atoms with Crippen LogP contribution in [-0.2, 0) is 17.3 Å². The number of aromatic nitrogens is 2. The molecule has 0 aliphatic rings. The van der Waals surface area contributed by atoms with Crippen LogP contribution in [0.5, 0.6) is 0 Å². The summed E-state index contributed by atoms with van der Waals surface area (Å²) in [7, 11) is 1.49. The molecule has 0 spiro atoms. The highest BCUT2D eigenvalue weighted by Crippen LogP contribution is 2.29. The molecule has 0 atom stereocenters. The van der Waals surface area contributed by atoms with Crippen LogP contribution in [0.15, 0.2) is 18.3 Å². The van der Waals surface area contributed by atoms with E-state index in [1.165, 1.54) is 17.6 Å². The molecule has 2 aromatic heterocycles. The topological polar surface area (TPSA) is 55.6 Å². The van der Waals surface area contributed by atoms with Gasteiger partial charge in [0.2, 0.25) is 0 Å². The number of methoxy groups -OCH3 is 1. The summed E-state index contributed by atoms with van der Waals surface area (Å²) < 4.78 is 44.5. The van der Waals surface area contributed by atoms with Crippen molar-refractivity contribution in [3.63, 3.8) is 0 Å². The molecule has 0 fully saturated rings. The maximum atomic E-state index is 12.8. The lowest BCUT2D eigenvalue weighted by Crippen LogP contribution is -2.29. The maximum absolute atomic E-state index is 12.8. The minimum absolute atomic E-state index is 0.125. The third-order valence-corrected chi connectivity index (χ3v) is 3.16. The highest BCUT2D eigenvalue weighted by atomic mass is 19.4. The van der Waals surface area contributed by atoms with E-state index in [2.05, 4.69) is 10.3 Å². The van der Waals surface area contributed by atoms with Crippen LogP contribution in [0.1, 0.15) is 28.7 Å². The van der Waals surface area contributed by atoms with Crippen LogP contribution >= 0.6 is 0 Å². The molecule has 2 heterocycles. The van der Waals surface area contributed by atoms with Gasteiger partial charge in [0, 0.05) is 19.9 Å². The lowest BCUT2D eigenvalue weighted by atomic mass is 10.2. The smallest absolute Gasteiger partial charge is 0.383 e. The standard InChI is InChI=1S/C14H16F3N3O2/c1-3-10-12(13(21)18-6-7-22-2)20-8-9(14(15,16)17)4-5-11(20)19-10/h4-5,8H,3,6-7H2,1-2H3,(H,18,21). The number of alkyl halides is 3. The predicted molar refractivity (Wildman–Crippen MR) is 73.8 cm³/mol. The number of amides is 1. The molecule has 0 saturated carbocycles. The van der Waals surface area contributed by atoms with E-state index >= 15 is 0 Å². The lowest BCUT2D eigenvalue weighted by molar-refractivity contribution is -0.137. The number of ether oxygens (including phenoxy) is 1. The van der Waals surface area contributed by atoms with Crippen molar-refractivity contribution >= 4 is 11.6 Å². The Morgan fingerprint density at radius 2 is 2.14 bits per heavy atom. The molecule has 0 bridgehead atoms. The van der Waals surface area contributed by atoms with E-state index in [0.717, 1.165) is 12.3 Å². The molecular formula is C14H16F3N3O2. The Kier molecular flexibility index (Phi) is 4.70. The van der Waals surface area contributed by atoms with Crippen molar-refractivity contribution < 1.29 is 22.7 Å². The van der Waals surface area contributed by atoms with Gasteiger partial charge in [0.1, 0.15) is 11.3 Å². The summed E-state index contributed by atoms with van der Waals surface area (Å²) in [6.07, 6.45) is -3.14. The molecule has 1 N–H and O–H groups in total. The van der Waals surface area contributed by atoms with Crippen LogP contribution in [0.25, 0.3) is 5.65 Å². The number of carbonyl (C=O) groups excluding carboxylic acids is 1. The molecule has 0 radical (unpaired) electrons. The summed E-state index contributed by atoms with van der Waals surface area (Å²) >= 11 is 0. The van der Waals surface area contributed by atoms with Gasteiger partial charge in [-0.05, 0) is 18.6 Å². The summed E-state index contributed by atoms with van der Waals surface area (Å²) in [6, 6.07) is 2.21. The van der Waals surface area contributed by atoms with Crippen LogP contribution in [0.2, 0.25) is 0 Å². The molecular weight excluding hydrogens is 299 g/mol. The SMILES string of the molecule is CCc1nc2ccc(C(F)(F)F)cn2c1C(=O)NCCOC. The molecule has 2 rings (SSSR count). The summed E-state index contributed by atoms with van der Waals surface area (Å²) in [5.74, 6) is -0.472. The summed E-state index contributed by atoms with van der Waals surface area (Å²) in [5.41, 5.74) is 0.0571. The Bertz CT molecular complexity index is 680. The Labute approximate surface area is 125 Å². The molecule has 0 aromatic carbocycles. The molecule has 5 nitrogen and oxygen atoms in total. The number of hydrogen-bond acceptors (Lipinski definition) is 3. The zero-order chi connectivity index (χ0) is 16.3. The van der Waals surface area contributed by atoms with Gasteiger partial charge in [0.05, 0.1) is 17.9 Å². The van der Waals surface area contributed by atoms with E-state index < -0.39 is 17.6 Å². The number of hydrogen-bond donors (Lipinski definition) is 1. The number of nitrogens with zero attached hydrogens (tertiary/aromatic N) is 2. The van der Waals surface area contributed by atoms with Gasteiger partial charge in [0.25, 0.3) is 5.91 Å². The number of rotatable bonds is 5. The highest BCUT2D eigenvalue weighted by molar-refractivity contribution is 5.94. The second kappa shape index (κ2) is 6.35. The third-order valence-electron chi connectivity index (χ3n) is 3.16. The van der Waals surface area contributed by atoms with Gasteiger partial charge in [-0.2, -0.15) is 13.2 Å². The van der Waals surface area contributed by atoms with Crippen molar-refractivity contribution in [3.05, 3.63) is 35.3 Å². The quantitative estimate of drug-likeness (QED) is 0.861. The maximum Gasteiger partial charge on any atom is 0.417 e. The minimum atomic E-state index is -4.48. The van der Waals surface area contributed by atoms with E-state index in [4.69, 9.17) is 4.74 Å². The van der Waals surface area contributed by atoms with E-state index in [1.54, 1.807) is 6.92 Å². The average Bonchev–Trinajstić information content (AvgIpc) is 2.84. The summed E-state index contributed by atoms with van der Waals surface area (Å²) in [4.78, 5) is 16.4. The first-order valence-electron chi connectivity index (χ1n) is 6.73. The molecule has 2 aromatic rings. The zero-order valence-electron chi connectivity index (χ0n) is 12.2. The van der Waals surface area contributed by atoms with E-state index in [1.807, 2.05) is 0 Å². The number of fused-ring (bicyclic) bond motifs is 1.